The van der Waals surface area contributed by atoms with E-state index in [0.717, 1.165) is 6.42 Å². The van der Waals surface area contributed by atoms with Crippen LogP contribution in [0.2, 0.25) is 0 Å². The highest BCUT2D eigenvalue weighted by molar-refractivity contribution is 5.85. The van der Waals surface area contributed by atoms with Crippen LogP contribution in [0, 0.1) is 0 Å². The number of hydrogen-bond acceptors (Lipinski definition) is 5. The van der Waals surface area contributed by atoms with Crippen molar-refractivity contribution in [1.29, 1.82) is 0 Å². The number of nitrogens with zero attached hydrogens (tertiary/aromatic N) is 2. The van der Waals surface area contributed by atoms with Crippen LogP contribution in [-0.4, -0.2) is 54.6 Å². The number of aromatic carboxylic acids is 1. The molecule has 0 amide bonds. The van der Waals surface area contributed by atoms with E-state index in [-0.39, 0.29) is 12.3 Å². The molecule has 0 bridgehead atoms. The molecule has 0 aromatic carbocycles. The van der Waals surface area contributed by atoms with E-state index in [1.807, 2.05) is 4.90 Å². The Hall–Kier alpha value is -1.66. The summed E-state index contributed by atoms with van der Waals surface area (Å²) in [6, 6.07) is 4.82. The zero-order chi connectivity index (χ0) is 13.4. The van der Waals surface area contributed by atoms with Crippen LogP contribution in [0.15, 0.2) is 18.2 Å². The van der Waals surface area contributed by atoms with E-state index in [1.165, 1.54) is 6.07 Å². The maximum absolute atomic E-state index is 10.8. The minimum Gasteiger partial charge on any atom is -0.477 e. The number of methoxy groups -OCH3 is 1. The normalized spacial score (nSPS) is 10.3. The van der Waals surface area contributed by atoms with Crippen molar-refractivity contribution in [2.24, 2.45) is 0 Å². The SMILES string of the molecule is COCCCN(CCO)c1cccc(C(=O)O)n1. The molecule has 6 heteroatoms. The standard InChI is InChI=1S/C12H18N2O4/c1-18-9-3-6-14(7-8-15)11-5-2-4-10(13-11)12(16)17/h2,4-5,15H,3,6-9H2,1H3,(H,16,17). The molecule has 100 valence electrons. The van der Waals surface area contributed by atoms with Gasteiger partial charge < -0.3 is 19.8 Å². The lowest BCUT2D eigenvalue weighted by atomic mass is 10.3. The van der Waals surface area contributed by atoms with E-state index < -0.39 is 5.97 Å². The second-order valence-electron chi connectivity index (χ2n) is 3.74. The molecule has 0 spiro atoms. The summed E-state index contributed by atoms with van der Waals surface area (Å²) in [6.07, 6.45) is 0.787. The Balaban J connectivity index is 2.77. The maximum atomic E-state index is 10.8. The van der Waals surface area contributed by atoms with Crippen molar-refractivity contribution in [3.63, 3.8) is 0 Å². The van der Waals surface area contributed by atoms with E-state index in [4.69, 9.17) is 14.9 Å². The van der Waals surface area contributed by atoms with Gasteiger partial charge in [0.25, 0.3) is 0 Å². The molecule has 18 heavy (non-hydrogen) atoms. The van der Waals surface area contributed by atoms with Crippen LogP contribution in [0.1, 0.15) is 16.9 Å². The van der Waals surface area contributed by atoms with E-state index in [0.29, 0.717) is 25.5 Å². The number of ether oxygens (including phenoxy) is 1. The number of aliphatic hydroxyl groups excluding tert-OH is 1. The van der Waals surface area contributed by atoms with Crippen LogP contribution < -0.4 is 4.90 Å². The number of pyridine rings is 1. The molecule has 0 fully saturated rings. The Morgan fingerprint density at radius 1 is 1.44 bits per heavy atom. The van der Waals surface area contributed by atoms with Crippen LogP contribution in [-0.2, 0) is 4.74 Å². The van der Waals surface area contributed by atoms with Gasteiger partial charge in [0.15, 0.2) is 5.69 Å². The van der Waals surface area contributed by atoms with Crippen molar-refractivity contribution < 1.29 is 19.7 Å². The first-order valence-corrected chi connectivity index (χ1v) is 5.74. The Labute approximate surface area is 106 Å². The van der Waals surface area contributed by atoms with Crippen LogP contribution in [0.3, 0.4) is 0 Å². The maximum Gasteiger partial charge on any atom is 0.354 e. The predicted octanol–water partition coefficient (Wildman–Crippen LogP) is 0.615. The lowest BCUT2D eigenvalue weighted by Gasteiger charge is -2.22. The number of rotatable bonds is 8. The molecule has 0 atom stereocenters. The zero-order valence-corrected chi connectivity index (χ0v) is 10.4. The summed E-state index contributed by atoms with van der Waals surface area (Å²) in [5, 5.41) is 17.9. The summed E-state index contributed by atoms with van der Waals surface area (Å²) < 4.78 is 4.96. The smallest absolute Gasteiger partial charge is 0.354 e. The van der Waals surface area contributed by atoms with Crippen molar-refractivity contribution in [2.45, 2.75) is 6.42 Å². The summed E-state index contributed by atoms with van der Waals surface area (Å²) >= 11 is 0. The molecule has 0 saturated carbocycles. The third-order valence-electron chi connectivity index (χ3n) is 2.42. The first kappa shape index (κ1) is 14.4. The molecule has 0 aliphatic rings. The molecule has 0 saturated heterocycles. The monoisotopic (exact) mass is 254 g/mol. The highest BCUT2D eigenvalue weighted by atomic mass is 16.5. The van der Waals surface area contributed by atoms with Crippen molar-refractivity contribution in [3.05, 3.63) is 23.9 Å². The molecule has 0 aliphatic carbocycles. The summed E-state index contributed by atoms with van der Waals surface area (Å²) in [5.41, 5.74) is 0.00202. The van der Waals surface area contributed by atoms with Crippen LogP contribution in [0.25, 0.3) is 0 Å². The average Bonchev–Trinajstić information content (AvgIpc) is 2.38. The molecule has 0 aliphatic heterocycles. The minimum absolute atomic E-state index is 0.00202. The first-order valence-electron chi connectivity index (χ1n) is 5.74. The molecular formula is C12H18N2O4. The second kappa shape index (κ2) is 7.62. The van der Waals surface area contributed by atoms with Gasteiger partial charge in [-0.1, -0.05) is 6.07 Å². The van der Waals surface area contributed by atoms with Gasteiger partial charge in [0.1, 0.15) is 5.82 Å². The number of carbonyl (C=O) groups is 1. The summed E-state index contributed by atoms with van der Waals surface area (Å²) in [6.45, 7) is 1.68. The van der Waals surface area contributed by atoms with E-state index >= 15 is 0 Å². The van der Waals surface area contributed by atoms with Gasteiger partial charge in [0.2, 0.25) is 0 Å². The molecule has 1 heterocycles. The van der Waals surface area contributed by atoms with Gasteiger partial charge in [-0.15, -0.1) is 0 Å². The Kier molecular flexibility index (Phi) is 6.10. The third-order valence-corrected chi connectivity index (χ3v) is 2.42. The zero-order valence-electron chi connectivity index (χ0n) is 10.4. The lowest BCUT2D eigenvalue weighted by molar-refractivity contribution is 0.0690. The fraction of sp³-hybridized carbons (Fsp3) is 0.500. The molecular weight excluding hydrogens is 236 g/mol. The van der Waals surface area contributed by atoms with Gasteiger partial charge in [-0.3, -0.25) is 0 Å². The number of hydrogen-bond donors (Lipinski definition) is 2. The third kappa shape index (κ3) is 4.31. The van der Waals surface area contributed by atoms with Gasteiger partial charge in [-0.05, 0) is 18.6 Å². The summed E-state index contributed by atoms with van der Waals surface area (Å²) in [4.78, 5) is 16.7. The van der Waals surface area contributed by atoms with Crippen molar-refractivity contribution in [1.82, 2.24) is 4.98 Å². The topological polar surface area (TPSA) is 82.9 Å². The van der Waals surface area contributed by atoms with Gasteiger partial charge in [-0.2, -0.15) is 0 Å². The summed E-state index contributed by atoms with van der Waals surface area (Å²) in [7, 11) is 1.62. The molecule has 1 aromatic heterocycles. The fourth-order valence-electron chi connectivity index (χ4n) is 1.58. The van der Waals surface area contributed by atoms with E-state index in [9.17, 15) is 4.79 Å². The quantitative estimate of drug-likeness (QED) is 0.662. The highest BCUT2D eigenvalue weighted by Gasteiger charge is 2.10. The molecule has 2 N–H and O–H groups in total. The molecule has 1 aromatic rings. The average molecular weight is 254 g/mol. The number of carboxylic acid groups (broad SMARTS) is 1. The van der Waals surface area contributed by atoms with Gasteiger partial charge >= 0.3 is 5.97 Å². The Bertz CT molecular complexity index is 384. The predicted molar refractivity (Wildman–Crippen MR) is 67.0 cm³/mol. The molecule has 0 unspecified atom stereocenters. The first-order chi connectivity index (χ1) is 8.69. The Morgan fingerprint density at radius 2 is 2.22 bits per heavy atom. The van der Waals surface area contributed by atoms with Crippen LogP contribution in [0.4, 0.5) is 5.82 Å². The van der Waals surface area contributed by atoms with Gasteiger partial charge in [0, 0.05) is 26.8 Å². The van der Waals surface area contributed by atoms with Gasteiger partial charge in [0.05, 0.1) is 6.61 Å². The summed E-state index contributed by atoms with van der Waals surface area (Å²) in [5.74, 6) is -0.502. The highest BCUT2D eigenvalue weighted by Crippen LogP contribution is 2.12. The second-order valence-corrected chi connectivity index (χ2v) is 3.74. The fourth-order valence-corrected chi connectivity index (χ4v) is 1.58. The Morgan fingerprint density at radius 3 is 2.83 bits per heavy atom. The minimum atomic E-state index is -1.06. The number of aromatic nitrogens is 1. The number of carboxylic acids is 1. The number of anilines is 1. The van der Waals surface area contributed by atoms with Crippen LogP contribution in [0.5, 0.6) is 0 Å². The van der Waals surface area contributed by atoms with Crippen molar-refractivity contribution in [2.75, 3.05) is 38.3 Å². The molecule has 1 rings (SSSR count). The number of aliphatic hydroxyl groups is 1. The van der Waals surface area contributed by atoms with Crippen molar-refractivity contribution in [3.8, 4) is 0 Å². The van der Waals surface area contributed by atoms with E-state index in [1.54, 1.807) is 19.2 Å². The van der Waals surface area contributed by atoms with Crippen LogP contribution >= 0.6 is 0 Å². The van der Waals surface area contributed by atoms with Gasteiger partial charge in [-0.25, -0.2) is 9.78 Å². The van der Waals surface area contributed by atoms with E-state index in [2.05, 4.69) is 4.98 Å². The molecule has 0 radical (unpaired) electrons. The van der Waals surface area contributed by atoms with Crippen molar-refractivity contribution >= 4 is 11.8 Å². The lowest BCUT2D eigenvalue weighted by Crippen LogP contribution is -2.29. The molecule has 6 nitrogen and oxygen atoms in total. The largest absolute Gasteiger partial charge is 0.477 e.